The quantitative estimate of drug-likeness (QED) is 0.647. The number of nitrogens with zero attached hydrogens (tertiary/aromatic N) is 3. The molecule has 1 aromatic carbocycles. The lowest BCUT2D eigenvalue weighted by Crippen LogP contribution is -2.34. The number of aromatic nitrogens is 2. The second kappa shape index (κ2) is 7.89. The Labute approximate surface area is 171 Å². The summed E-state index contributed by atoms with van der Waals surface area (Å²) in [5.74, 6) is 4.56. The van der Waals surface area contributed by atoms with Crippen LogP contribution < -0.4 is 5.32 Å². The minimum atomic E-state index is -0.984. The van der Waals surface area contributed by atoms with Crippen LogP contribution in [0.2, 0.25) is 0 Å². The van der Waals surface area contributed by atoms with Crippen LogP contribution in [0.3, 0.4) is 0 Å². The first kappa shape index (κ1) is 18.9. The van der Waals surface area contributed by atoms with E-state index < -0.39 is 12.0 Å². The van der Waals surface area contributed by atoms with Gasteiger partial charge in [-0.2, -0.15) is 0 Å². The second-order valence-electron chi connectivity index (χ2n) is 6.58. The molecule has 29 heavy (non-hydrogen) atoms. The number of amides is 1. The number of benzene rings is 1. The third-order valence-electron chi connectivity index (χ3n) is 4.82. The first-order valence-corrected chi connectivity index (χ1v) is 9.91. The van der Waals surface area contributed by atoms with Crippen molar-refractivity contribution in [1.29, 1.82) is 0 Å². The number of aliphatic carboxylic acids is 1. The van der Waals surface area contributed by atoms with E-state index in [1.807, 2.05) is 6.07 Å². The number of fused-ring (bicyclic) bond motifs is 3. The van der Waals surface area contributed by atoms with Gasteiger partial charge in [0.15, 0.2) is 6.04 Å². The van der Waals surface area contributed by atoms with Crippen molar-refractivity contribution in [2.24, 2.45) is 0 Å². The minimum Gasteiger partial charge on any atom is -0.479 e. The highest BCUT2D eigenvalue weighted by atomic mass is 32.1. The number of carbonyl (C=O) groups excluding carboxylic acids is 1. The number of carbonyl (C=O) groups is 2. The van der Waals surface area contributed by atoms with Crippen molar-refractivity contribution in [2.75, 3.05) is 11.9 Å². The molecule has 0 saturated heterocycles. The Morgan fingerprint density at radius 3 is 2.79 bits per heavy atom. The van der Waals surface area contributed by atoms with E-state index in [9.17, 15) is 14.7 Å². The van der Waals surface area contributed by atoms with Crippen molar-refractivity contribution in [3.05, 3.63) is 52.7 Å². The molecule has 3 heterocycles. The van der Waals surface area contributed by atoms with E-state index in [1.54, 1.807) is 36.1 Å². The molecule has 3 aromatic rings. The topological polar surface area (TPSA) is 95.4 Å². The first-order chi connectivity index (χ1) is 14.1. The summed E-state index contributed by atoms with van der Waals surface area (Å²) in [6.45, 7) is 2.68. The van der Waals surface area contributed by atoms with Gasteiger partial charge in [0.1, 0.15) is 17.0 Å². The van der Waals surface area contributed by atoms with Crippen LogP contribution in [0.5, 0.6) is 0 Å². The van der Waals surface area contributed by atoms with Crippen LogP contribution in [0.1, 0.15) is 29.0 Å². The number of nitrogens with one attached hydrogen (secondary N) is 1. The maximum Gasteiger partial charge on any atom is 0.330 e. The summed E-state index contributed by atoms with van der Waals surface area (Å²) in [5, 5.41) is 13.7. The minimum absolute atomic E-state index is 0.185. The lowest BCUT2D eigenvalue weighted by molar-refractivity contribution is -0.138. The van der Waals surface area contributed by atoms with Gasteiger partial charge in [0.05, 0.1) is 11.9 Å². The van der Waals surface area contributed by atoms with Gasteiger partial charge in [0, 0.05) is 11.4 Å². The molecule has 0 unspecified atom stereocenters. The van der Waals surface area contributed by atoms with E-state index >= 15 is 0 Å². The number of carboxylic acid groups (broad SMARTS) is 1. The maximum absolute atomic E-state index is 12.1. The summed E-state index contributed by atoms with van der Waals surface area (Å²) in [5.41, 5.74) is 1.71. The van der Waals surface area contributed by atoms with E-state index in [2.05, 4.69) is 27.1 Å². The standard InChI is InChI=1S/C21H18N4O3S/c1-2-6-16(26)25-10-9-14-15(11-25)29-20-17(14)19(22-12-23-20)24-18(21(27)28)13-7-4-3-5-8-13/h3-5,7-8,12,18H,9-11H2,1H3,(H,27,28)(H,22,23,24)/t18-/m0/s1. The van der Waals surface area contributed by atoms with Crippen molar-refractivity contribution < 1.29 is 14.7 Å². The van der Waals surface area contributed by atoms with Crippen LogP contribution in [0, 0.1) is 11.8 Å². The molecule has 0 radical (unpaired) electrons. The van der Waals surface area contributed by atoms with Crippen molar-refractivity contribution in [3.8, 4) is 11.8 Å². The van der Waals surface area contributed by atoms with Crippen molar-refractivity contribution in [1.82, 2.24) is 14.9 Å². The lowest BCUT2D eigenvalue weighted by atomic mass is 10.0. The summed E-state index contributed by atoms with van der Waals surface area (Å²) >= 11 is 1.50. The summed E-state index contributed by atoms with van der Waals surface area (Å²) in [6, 6.07) is 8.07. The molecule has 1 atom stereocenters. The molecule has 146 valence electrons. The molecule has 0 bridgehead atoms. The Balaban J connectivity index is 1.71. The maximum atomic E-state index is 12.1. The molecule has 1 aliphatic rings. The fourth-order valence-electron chi connectivity index (χ4n) is 3.47. The van der Waals surface area contributed by atoms with Crippen molar-refractivity contribution >= 4 is 39.2 Å². The molecular weight excluding hydrogens is 388 g/mol. The number of carboxylic acids is 1. The predicted molar refractivity (Wildman–Crippen MR) is 110 cm³/mol. The van der Waals surface area contributed by atoms with Gasteiger partial charge in [0.2, 0.25) is 0 Å². The average Bonchev–Trinajstić information content (AvgIpc) is 3.11. The van der Waals surface area contributed by atoms with Gasteiger partial charge in [0.25, 0.3) is 5.91 Å². The zero-order chi connectivity index (χ0) is 20.4. The van der Waals surface area contributed by atoms with Crippen LogP contribution in [0.4, 0.5) is 5.82 Å². The van der Waals surface area contributed by atoms with Gasteiger partial charge in [-0.1, -0.05) is 36.3 Å². The van der Waals surface area contributed by atoms with E-state index in [0.29, 0.717) is 30.9 Å². The van der Waals surface area contributed by atoms with Gasteiger partial charge >= 0.3 is 5.97 Å². The predicted octanol–water partition coefficient (Wildman–Crippen LogP) is 2.84. The first-order valence-electron chi connectivity index (χ1n) is 9.09. The molecule has 1 aliphatic heterocycles. The van der Waals surface area contributed by atoms with Crippen LogP contribution in [-0.4, -0.2) is 38.4 Å². The molecule has 7 nitrogen and oxygen atoms in total. The number of rotatable bonds is 4. The van der Waals surface area contributed by atoms with Crippen LogP contribution in [0.15, 0.2) is 36.7 Å². The fraction of sp³-hybridized carbons (Fsp3) is 0.238. The van der Waals surface area contributed by atoms with Gasteiger partial charge in [-0.25, -0.2) is 14.8 Å². The number of thiophene rings is 1. The van der Waals surface area contributed by atoms with Gasteiger partial charge in [-0.3, -0.25) is 4.79 Å². The molecule has 4 rings (SSSR count). The average molecular weight is 406 g/mol. The summed E-state index contributed by atoms with van der Waals surface area (Å²) < 4.78 is 0. The zero-order valence-electron chi connectivity index (χ0n) is 15.7. The molecule has 0 spiro atoms. The smallest absolute Gasteiger partial charge is 0.330 e. The molecule has 0 aliphatic carbocycles. The Hall–Kier alpha value is -3.44. The van der Waals surface area contributed by atoms with Crippen LogP contribution in [-0.2, 0) is 22.6 Å². The summed E-state index contributed by atoms with van der Waals surface area (Å²) in [4.78, 5) is 36.2. The number of hydrogen-bond acceptors (Lipinski definition) is 6. The number of hydrogen-bond donors (Lipinski definition) is 2. The molecule has 8 heteroatoms. The Kier molecular flexibility index (Phi) is 5.14. The molecule has 2 N–H and O–H groups in total. The fourth-order valence-corrected chi connectivity index (χ4v) is 4.67. The van der Waals surface area contributed by atoms with Crippen LogP contribution >= 0.6 is 11.3 Å². The highest BCUT2D eigenvalue weighted by Gasteiger charge is 2.27. The highest BCUT2D eigenvalue weighted by molar-refractivity contribution is 7.19. The second-order valence-corrected chi connectivity index (χ2v) is 7.67. The highest BCUT2D eigenvalue weighted by Crippen LogP contribution is 2.38. The Morgan fingerprint density at radius 1 is 1.28 bits per heavy atom. The van der Waals surface area contributed by atoms with E-state index in [1.165, 1.54) is 17.7 Å². The number of anilines is 1. The molecule has 1 amide bonds. The van der Waals surface area contributed by atoms with E-state index in [0.717, 1.165) is 20.7 Å². The van der Waals surface area contributed by atoms with Gasteiger partial charge in [-0.15, -0.1) is 11.3 Å². The Bertz CT molecular complexity index is 1150. The molecule has 0 fully saturated rings. The zero-order valence-corrected chi connectivity index (χ0v) is 16.5. The van der Waals surface area contributed by atoms with E-state index in [-0.39, 0.29) is 5.91 Å². The largest absolute Gasteiger partial charge is 0.479 e. The third-order valence-corrected chi connectivity index (χ3v) is 5.94. The monoisotopic (exact) mass is 406 g/mol. The van der Waals surface area contributed by atoms with E-state index in [4.69, 9.17) is 0 Å². The Morgan fingerprint density at radius 2 is 2.07 bits per heavy atom. The molecule has 0 saturated carbocycles. The molecule has 2 aromatic heterocycles. The van der Waals surface area contributed by atoms with Crippen molar-refractivity contribution in [3.63, 3.8) is 0 Å². The lowest BCUT2D eigenvalue weighted by Gasteiger charge is -2.25. The van der Waals surface area contributed by atoms with Gasteiger partial charge in [-0.05, 0) is 30.4 Å². The van der Waals surface area contributed by atoms with Crippen LogP contribution in [0.25, 0.3) is 10.2 Å². The summed E-state index contributed by atoms with van der Waals surface area (Å²) in [6.07, 6.45) is 2.08. The van der Waals surface area contributed by atoms with Gasteiger partial charge < -0.3 is 15.3 Å². The third kappa shape index (κ3) is 3.65. The van der Waals surface area contributed by atoms with Crippen molar-refractivity contribution in [2.45, 2.75) is 25.9 Å². The SMILES string of the molecule is CC#CC(=O)N1CCc2c(sc3ncnc(N[C@H](C(=O)O)c4ccccc4)c23)C1. The molecular formula is C21H18N4O3S. The normalized spacial score (nSPS) is 13.9. The summed E-state index contributed by atoms with van der Waals surface area (Å²) in [7, 11) is 0.